The van der Waals surface area contributed by atoms with Crippen molar-refractivity contribution in [2.45, 2.75) is 45.6 Å². The number of amides is 1. The van der Waals surface area contributed by atoms with Crippen molar-refractivity contribution in [3.63, 3.8) is 0 Å². The van der Waals surface area contributed by atoms with Crippen molar-refractivity contribution >= 4 is 11.9 Å². The van der Waals surface area contributed by atoms with Gasteiger partial charge in [-0.1, -0.05) is 19.1 Å². The molecule has 7 nitrogen and oxygen atoms in total. The Kier molecular flexibility index (Phi) is 6.36. The van der Waals surface area contributed by atoms with E-state index in [1.807, 2.05) is 11.6 Å². The molecule has 2 aliphatic rings. The van der Waals surface area contributed by atoms with Crippen LogP contribution in [-0.4, -0.2) is 48.0 Å². The SMILES string of the molecule is CCc1nn(CCCOC(=O)c2ccccc2F)c2c1C(=O)NCC1(CCOCC1)C2. The second kappa shape index (κ2) is 9.18. The predicted molar refractivity (Wildman–Crippen MR) is 111 cm³/mol. The molecular formula is C23H28FN3O4. The highest BCUT2D eigenvalue weighted by Gasteiger charge is 2.39. The Bertz CT molecular complexity index is 966. The number of halogens is 1. The average molecular weight is 429 g/mol. The van der Waals surface area contributed by atoms with Gasteiger partial charge in [0.05, 0.1) is 29.1 Å². The lowest BCUT2D eigenvalue weighted by molar-refractivity contribution is 0.0152. The van der Waals surface area contributed by atoms with Gasteiger partial charge in [-0.25, -0.2) is 9.18 Å². The van der Waals surface area contributed by atoms with Gasteiger partial charge in [-0.2, -0.15) is 5.10 Å². The molecule has 2 aliphatic heterocycles. The molecule has 4 rings (SSSR count). The Labute approximate surface area is 180 Å². The van der Waals surface area contributed by atoms with Crippen LogP contribution in [-0.2, 0) is 28.9 Å². The third kappa shape index (κ3) is 4.49. The Balaban J connectivity index is 1.46. The van der Waals surface area contributed by atoms with Gasteiger partial charge in [0.2, 0.25) is 0 Å². The number of aromatic nitrogens is 2. The van der Waals surface area contributed by atoms with Crippen LogP contribution in [0.4, 0.5) is 4.39 Å². The summed E-state index contributed by atoms with van der Waals surface area (Å²) in [7, 11) is 0. The lowest BCUT2D eigenvalue weighted by Gasteiger charge is -2.36. The maximum atomic E-state index is 13.7. The molecule has 31 heavy (non-hydrogen) atoms. The van der Waals surface area contributed by atoms with Gasteiger partial charge in [-0.15, -0.1) is 0 Å². The number of nitrogens with zero attached hydrogens (tertiary/aromatic N) is 2. The Morgan fingerprint density at radius 3 is 2.84 bits per heavy atom. The molecule has 2 aromatic rings. The van der Waals surface area contributed by atoms with E-state index in [-0.39, 0.29) is 23.5 Å². The molecule has 3 heterocycles. The fourth-order valence-corrected chi connectivity index (χ4v) is 4.44. The Morgan fingerprint density at radius 1 is 1.32 bits per heavy atom. The summed E-state index contributed by atoms with van der Waals surface area (Å²) < 4.78 is 26.4. The van der Waals surface area contributed by atoms with Gasteiger partial charge in [0, 0.05) is 32.7 Å². The number of aryl methyl sites for hydroxylation is 2. The second-order valence-electron chi connectivity index (χ2n) is 8.29. The van der Waals surface area contributed by atoms with Crippen molar-refractivity contribution < 1.29 is 23.5 Å². The number of carbonyl (C=O) groups is 2. The van der Waals surface area contributed by atoms with Gasteiger partial charge >= 0.3 is 5.97 Å². The summed E-state index contributed by atoms with van der Waals surface area (Å²) in [6.45, 7) is 4.71. The molecule has 1 amide bonds. The molecule has 1 N–H and O–H groups in total. The number of ether oxygens (including phenoxy) is 2. The molecule has 1 spiro atoms. The van der Waals surface area contributed by atoms with E-state index in [4.69, 9.17) is 14.6 Å². The summed E-state index contributed by atoms with van der Waals surface area (Å²) in [4.78, 5) is 24.9. The van der Waals surface area contributed by atoms with E-state index in [2.05, 4.69) is 5.32 Å². The standard InChI is InChI=1S/C23H28FN3O4/c1-2-18-20-19(14-23(15-25-21(20)28)8-12-30-13-9-23)27(26-18)10-5-11-31-22(29)16-6-3-4-7-17(16)24/h3-4,6-7H,2,5,8-15H2,1H3,(H,25,28). The zero-order chi connectivity index (χ0) is 21.8. The molecule has 0 radical (unpaired) electrons. The molecular weight excluding hydrogens is 401 g/mol. The third-order valence-corrected chi connectivity index (χ3v) is 6.25. The fraction of sp³-hybridized carbons (Fsp3) is 0.522. The molecule has 166 valence electrons. The smallest absolute Gasteiger partial charge is 0.341 e. The zero-order valence-corrected chi connectivity index (χ0v) is 17.8. The maximum absolute atomic E-state index is 13.7. The van der Waals surface area contributed by atoms with E-state index < -0.39 is 11.8 Å². The van der Waals surface area contributed by atoms with E-state index in [0.29, 0.717) is 44.7 Å². The molecule has 0 atom stereocenters. The molecule has 0 unspecified atom stereocenters. The molecule has 1 aromatic carbocycles. The number of rotatable bonds is 6. The first-order valence-corrected chi connectivity index (χ1v) is 10.9. The first kappa shape index (κ1) is 21.5. The summed E-state index contributed by atoms with van der Waals surface area (Å²) >= 11 is 0. The van der Waals surface area contributed by atoms with Crippen LogP contribution < -0.4 is 5.32 Å². The van der Waals surface area contributed by atoms with E-state index in [1.54, 1.807) is 6.07 Å². The van der Waals surface area contributed by atoms with Crippen molar-refractivity contribution in [3.05, 3.63) is 52.6 Å². The normalized spacial score (nSPS) is 17.7. The van der Waals surface area contributed by atoms with Gasteiger partial charge in [0.25, 0.3) is 5.91 Å². The molecule has 8 heteroatoms. The number of benzene rings is 1. The van der Waals surface area contributed by atoms with Gasteiger partial charge in [0.1, 0.15) is 5.82 Å². The van der Waals surface area contributed by atoms with Gasteiger partial charge in [0.15, 0.2) is 0 Å². The average Bonchev–Trinajstić information content (AvgIpc) is 3.06. The maximum Gasteiger partial charge on any atom is 0.341 e. The lowest BCUT2D eigenvalue weighted by Crippen LogP contribution is -2.40. The van der Waals surface area contributed by atoms with E-state index >= 15 is 0 Å². The van der Waals surface area contributed by atoms with Gasteiger partial charge in [-0.3, -0.25) is 9.48 Å². The largest absolute Gasteiger partial charge is 0.462 e. The van der Waals surface area contributed by atoms with Crippen LogP contribution in [0.25, 0.3) is 0 Å². The van der Waals surface area contributed by atoms with E-state index in [1.165, 1.54) is 18.2 Å². The van der Waals surface area contributed by atoms with E-state index in [9.17, 15) is 14.0 Å². The number of esters is 1. The number of carbonyl (C=O) groups excluding carboxylic acids is 2. The van der Waals surface area contributed by atoms with Crippen LogP contribution in [0.5, 0.6) is 0 Å². The molecule has 0 saturated carbocycles. The summed E-state index contributed by atoms with van der Waals surface area (Å²) in [5, 5.41) is 7.80. The van der Waals surface area contributed by atoms with Crippen molar-refractivity contribution in [3.8, 4) is 0 Å². The van der Waals surface area contributed by atoms with Crippen LogP contribution >= 0.6 is 0 Å². The first-order valence-electron chi connectivity index (χ1n) is 10.9. The Hall–Kier alpha value is -2.74. The molecule has 1 fully saturated rings. The third-order valence-electron chi connectivity index (χ3n) is 6.25. The van der Waals surface area contributed by atoms with E-state index in [0.717, 1.165) is 30.7 Å². The van der Waals surface area contributed by atoms with Crippen molar-refractivity contribution in [2.24, 2.45) is 5.41 Å². The van der Waals surface area contributed by atoms with Crippen LogP contribution in [0.2, 0.25) is 0 Å². The minimum absolute atomic E-state index is 0.0146. The highest BCUT2D eigenvalue weighted by Crippen LogP contribution is 2.37. The molecule has 0 bridgehead atoms. The fourth-order valence-electron chi connectivity index (χ4n) is 4.44. The summed E-state index contributed by atoms with van der Waals surface area (Å²) in [6.07, 6.45) is 3.77. The van der Waals surface area contributed by atoms with Crippen molar-refractivity contribution in [2.75, 3.05) is 26.4 Å². The minimum Gasteiger partial charge on any atom is -0.462 e. The highest BCUT2D eigenvalue weighted by molar-refractivity contribution is 5.97. The van der Waals surface area contributed by atoms with Gasteiger partial charge < -0.3 is 14.8 Å². The summed E-state index contributed by atoms with van der Waals surface area (Å²) in [6, 6.07) is 5.77. The van der Waals surface area contributed by atoms with Crippen molar-refractivity contribution in [1.82, 2.24) is 15.1 Å². The van der Waals surface area contributed by atoms with Crippen molar-refractivity contribution in [1.29, 1.82) is 0 Å². The molecule has 1 aromatic heterocycles. The number of fused-ring (bicyclic) bond motifs is 1. The highest BCUT2D eigenvalue weighted by atomic mass is 19.1. The van der Waals surface area contributed by atoms with Crippen LogP contribution in [0.3, 0.4) is 0 Å². The zero-order valence-electron chi connectivity index (χ0n) is 17.8. The lowest BCUT2D eigenvalue weighted by atomic mass is 9.76. The molecule has 0 aliphatic carbocycles. The second-order valence-corrected chi connectivity index (χ2v) is 8.29. The summed E-state index contributed by atoms with van der Waals surface area (Å²) in [5.74, 6) is -1.33. The monoisotopic (exact) mass is 429 g/mol. The topological polar surface area (TPSA) is 82.5 Å². The van der Waals surface area contributed by atoms with Crippen LogP contribution in [0, 0.1) is 11.2 Å². The quantitative estimate of drug-likeness (QED) is 0.564. The molecule has 1 saturated heterocycles. The van der Waals surface area contributed by atoms with Gasteiger partial charge in [-0.05, 0) is 43.2 Å². The van der Waals surface area contributed by atoms with Crippen LogP contribution in [0.15, 0.2) is 24.3 Å². The summed E-state index contributed by atoms with van der Waals surface area (Å²) in [5.41, 5.74) is 2.35. The number of hydrogen-bond acceptors (Lipinski definition) is 5. The predicted octanol–water partition coefficient (Wildman–Crippen LogP) is 2.91. The first-order chi connectivity index (χ1) is 15.0. The Morgan fingerprint density at radius 2 is 2.10 bits per heavy atom. The minimum atomic E-state index is -0.674. The van der Waals surface area contributed by atoms with Crippen LogP contribution in [0.1, 0.15) is 58.3 Å². The number of hydrogen-bond donors (Lipinski definition) is 1. The number of nitrogens with one attached hydrogen (secondary N) is 1.